The average molecular weight is 360 g/mol. The SMILES string of the molecule is C=C(NC(C)=NC)\C(C)=C(C)/C=N\C(=C/C)c1c(F)ccc(NC)c1F. The molecule has 0 spiro atoms. The second-order valence-corrected chi connectivity index (χ2v) is 5.69. The molecule has 0 aliphatic rings. The Labute approximate surface area is 154 Å². The molecule has 0 saturated heterocycles. The van der Waals surface area contributed by atoms with Crippen LogP contribution in [0.2, 0.25) is 0 Å². The van der Waals surface area contributed by atoms with Crippen molar-refractivity contribution in [3.05, 3.63) is 58.8 Å². The number of benzene rings is 1. The number of aliphatic imine (C=N–C) groups is 2. The molecule has 0 saturated carbocycles. The van der Waals surface area contributed by atoms with Gasteiger partial charge in [0, 0.05) is 26.0 Å². The first-order chi connectivity index (χ1) is 12.3. The number of halogens is 2. The van der Waals surface area contributed by atoms with Crippen LogP contribution in [0.1, 0.15) is 33.3 Å². The van der Waals surface area contributed by atoms with Gasteiger partial charge in [-0.05, 0) is 51.0 Å². The zero-order chi connectivity index (χ0) is 19.9. The van der Waals surface area contributed by atoms with Crippen molar-refractivity contribution in [1.29, 1.82) is 0 Å². The summed E-state index contributed by atoms with van der Waals surface area (Å²) in [7, 11) is 3.26. The summed E-state index contributed by atoms with van der Waals surface area (Å²) in [5.74, 6) is -0.593. The van der Waals surface area contributed by atoms with E-state index in [1.54, 1.807) is 33.3 Å². The summed E-state index contributed by atoms with van der Waals surface area (Å²) in [5, 5.41) is 5.77. The molecule has 0 aliphatic carbocycles. The van der Waals surface area contributed by atoms with Gasteiger partial charge in [0.1, 0.15) is 5.82 Å². The molecular formula is C20H26F2N4. The van der Waals surface area contributed by atoms with Gasteiger partial charge in [-0.25, -0.2) is 8.78 Å². The normalized spacial score (nSPS) is 13.7. The summed E-state index contributed by atoms with van der Waals surface area (Å²) in [6.07, 6.45) is 3.14. The Morgan fingerprint density at radius 3 is 2.38 bits per heavy atom. The van der Waals surface area contributed by atoms with Crippen LogP contribution in [0.15, 0.2) is 51.6 Å². The van der Waals surface area contributed by atoms with E-state index in [1.807, 2.05) is 20.8 Å². The zero-order valence-electron chi connectivity index (χ0n) is 16.2. The predicted octanol–water partition coefficient (Wildman–Crippen LogP) is 4.93. The third-order valence-corrected chi connectivity index (χ3v) is 4.00. The first-order valence-electron chi connectivity index (χ1n) is 8.20. The van der Waals surface area contributed by atoms with Crippen LogP contribution in [0, 0.1) is 11.6 Å². The van der Waals surface area contributed by atoms with Crippen molar-refractivity contribution in [3.63, 3.8) is 0 Å². The highest BCUT2D eigenvalue weighted by molar-refractivity contribution is 5.87. The Balaban J connectivity index is 3.20. The van der Waals surface area contributed by atoms with Gasteiger partial charge in [0.05, 0.1) is 22.8 Å². The number of hydrogen-bond donors (Lipinski definition) is 2. The van der Waals surface area contributed by atoms with E-state index in [1.165, 1.54) is 12.1 Å². The van der Waals surface area contributed by atoms with Gasteiger partial charge in [-0.15, -0.1) is 0 Å². The third kappa shape index (κ3) is 5.12. The van der Waals surface area contributed by atoms with Crippen LogP contribution in [0.5, 0.6) is 0 Å². The van der Waals surface area contributed by atoms with E-state index in [0.717, 1.165) is 17.0 Å². The van der Waals surface area contributed by atoms with Crippen molar-refractivity contribution in [2.75, 3.05) is 19.4 Å². The number of hydrogen-bond acceptors (Lipinski definition) is 3. The molecule has 140 valence electrons. The Hall–Kier alpha value is -2.76. The molecule has 1 aromatic carbocycles. The number of amidine groups is 1. The molecule has 4 nitrogen and oxygen atoms in total. The van der Waals surface area contributed by atoms with Crippen molar-refractivity contribution >= 4 is 23.4 Å². The van der Waals surface area contributed by atoms with Gasteiger partial charge < -0.3 is 10.6 Å². The number of nitrogens with zero attached hydrogens (tertiary/aromatic N) is 2. The van der Waals surface area contributed by atoms with Crippen LogP contribution in [-0.2, 0) is 0 Å². The van der Waals surface area contributed by atoms with E-state index >= 15 is 0 Å². The maximum atomic E-state index is 14.5. The second kappa shape index (κ2) is 9.65. The quantitative estimate of drug-likeness (QED) is 0.429. The molecule has 0 fully saturated rings. The highest BCUT2D eigenvalue weighted by Gasteiger charge is 2.16. The molecule has 0 atom stereocenters. The van der Waals surface area contributed by atoms with Gasteiger partial charge in [0.25, 0.3) is 0 Å². The minimum Gasteiger partial charge on any atom is -0.386 e. The highest BCUT2D eigenvalue weighted by atomic mass is 19.1. The third-order valence-electron chi connectivity index (χ3n) is 4.00. The fraction of sp³-hybridized carbons (Fsp3) is 0.300. The Morgan fingerprint density at radius 1 is 1.19 bits per heavy atom. The van der Waals surface area contributed by atoms with Crippen molar-refractivity contribution < 1.29 is 8.78 Å². The van der Waals surface area contributed by atoms with Crippen LogP contribution in [0.3, 0.4) is 0 Å². The van der Waals surface area contributed by atoms with Gasteiger partial charge >= 0.3 is 0 Å². The minimum atomic E-state index is -0.669. The van der Waals surface area contributed by atoms with Crippen molar-refractivity contribution in [2.24, 2.45) is 9.98 Å². The summed E-state index contributed by atoms with van der Waals surface area (Å²) < 4.78 is 28.7. The lowest BCUT2D eigenvalue weighted by molar-refractivity contribution is 0.579. The molecule has 6 heteroatoms. The van der Waals surface area contributed by atoms with Crippen LogP contribution in [0.25, 0.3) is 5.70 Å². The largest absolute Gasteiger partial charge is 0.386 e. The number of anilines is 1. The van der Waals surface area contributed by atoms with E-state index in [2.05, 4.69) is 27.2 Å². The van der Waals surface area contributed by atoms with Gasteiger partial charge in [-0.2, -0.15) is 0 Å². The summed E-state index contributed by atoms with van der Waals surface area (Å²) in [4.78, 5) is 8.31. The lowest BCUT2D eigenvalue weighted by Gasteiger charge is -2.12. The summed E-state index contributed by atoms with van der Waals surface area (Å²) in [5.41, 5.74) is 2.65. The molecule has 0 radical (unpaired) electrons. The molecule has 26 heavy (non-hydrogen) atoms. The van der Waals surface area contributed by atoms with Crippen LogP contribution >= 0.6 is 0 Å². The zero-order valence-corrected chi connectivity index (χ0v) is 16.2. The van der Waals surface area contributed by atoms with E-state index in [9.17, 15) is 8.78 Å². The predicted molar refractivity (Wildman–Crippen MR) is 108 cm³/mol. The first-order valence-corrected chi connectivity index (χ1v) is 8.20. The summed E-state index contributed by atoms with van der Waals surface area (Å²) in [6.45, 7) is 11.2. The van der Waals surface area contributed by atoms with Crippen molar-refractivity contribution in [2.45, 2.75) is 27.7 Å². The van der Waals surface area contributed by atoms with Gasteiger partial charge in [-0.3, -0.25) is 9.98 Å². The molecule has 0 aromatic heterocycles. The Kier molecular flexibility index (Phi) is 7.90. The monoisotopic (exact) mass is 360 g/mol. The number of rotatable bonds is 6. The van der Waals surface area contributed by atoms with E-state index in [0.29, 0.717) is 5.70 Å². The molecule has 0 amide bonds. The Bertz CT molecular complexity index is 802. The molecule has 1 aromatic rings. The highest BCUT2D eigenvalue weighted by Crippen LogP contribution is 2.28. The molecule has 1 rings (SSSR count). The van der Waals surface area contributed by atoms with Gasteiger partial charge in [-0.1, -0.05) is 12.7 Å². The fourth-order valence-electron chi connectivity index (χ4n) is 2.13. The van der Waals surface area contributed by atoms with Gasteiger partial charge in [0.2, 0.25) is 0 Å². The van der Waals surface area contributed by atoms with Crippen LogP contribution < -0.4 is 10.6 Å². The molecule has 0 bridgehead atoms. The topological polar surface area (TPSA) is 48.8 Å². The lowest BCUT2D eigenvalue weighted by atomic mass is 10.1. The molecule has 0 aliphatic heterocycles. The van der Waals surface area contributed by atoms with Crippen molar-refractivity contribution in [3.8, 4) is 0 Å². The fourth-order valence-corrected chi connectivity index (χ4v) is 2.13. The summed E-state index contributed by atoms with van der Waals surface area (Å²) in [6, 6.07) is 2.57. The minimum absolute atomic E-state index is 0.160. The smallest absolute Gasteiger partial charge is 0.158 e. The molecule has 0 unspecified atom stereocenters. The lowest BCUT2D eigenvalue weighted by Crippen LogP contribution is -2.20. The van der Waals surface area contributed by atoms with Crippen molar-refractivity contribution in [1.82, 2.24) is 5.32 Å². The van der Waals surface area contributed by atoms with E-state index in [4.69, 9.17) is 0 Å². The first kappa shape index (κ1) is 21.3. The number of nitrogens with one attached hydrogen (secondary N) is 2. The molecular weight excluding hydrogens is 334 g/mol. The van der Waals surface area contributed by atoms with Gasteiger partial charge in [0.15, 0.2) is 5.82 Å². The standard InChI is InChI=1S/C20H26F2N4/c1-8-17(19-16(21)9-10-18(24-7)20(19)22)25-11-12(2)13(3)14(4)26-15(5)23-6/h8-11,24H,4H2,1-3,5-7H3,(H,23,26)/b13-12-,17-8-,25-11-. The second-order valence-electron chi connectivity index (χ2n) is 5.69. The number of allylic oxidation sites excluding steroid dienone is 3. The maximum Gasteiger partial charge on any atom is 0.158 e. The average Bonchev–Trinajstić information content (AvgIpc) is 2.63. The van der Waals surface area contributed by atoms with Crippen LogP contribution in [0.4, 0.5) is 14.5 Å². The molecule has 2 N–H and O–H groups in total. The van der Waals surface area contributed by atoms with E-state index < -0.39 is 11.6 Å². The molecule has 0 heterocycles. The maximum absolute atomic E-state index is 14.5. The van der Waals surface area contributed by atoms with E-state index in [-0.39, 0.29) is 16.9 Å². The Morgan fingerprint density at radius 2 is 1.85 bits per heavy atom. The van der Waals surface area contributed by atoms with Crippen LogP contribution in [-0.4, -0.2) is 26.1 Å². The summed E-state index contributed by atoms with van der Waals surface area (Å²) >= 11 is 0.